The lowest BCUT2D eigenvalue weighted by atomic mass is 10.1. The Labute approximate surface area is 77.8 Å². The summed E-state index contributed by atoms with van der Waals surface area (Å²) in [5, 5.41) is 9.15. The lowest BCUT2D eigenvalue weighted by Gasteiger charge is -2.38. The molecule has 1 saturated heterocycles. The molecule has 13 heavy (non-hydrogen) atoms. The molecule has 3 heteroatoms. The van der Waals surface area contributed by atoms with E-state index < -0.39 is 0 Å². The Hall–Kier alpha value is -1.22. The molecular weight excluding hydrogens is 164 g/mol. The summed E-state index contributed by atoms with van der Waals surface area (Å²) in [5.74, 6) is 0. The molecule has 70 valence electrons. The highest BCUT2D eigenvalue weighted by Gasteiger charge is 2.24. The van der Waals surface area contributed by atoms with E-state index in [4.69, 9.17) is 10.8 Å². The standard InChI is InChI=1S/C10H14N2O/c1-7-2-8(11)4-9(3-7)12-5-10(13)6-12/h2-4,10,13H,5-6,11H2,1H3. The summed E-state index contributed by atoms with van der Waals surface area (Å²) in [6.45, 7) is 3.47. The Kier molecular flexibility index (Phi) is 1.88. The maximum Gasteiger partial charge on any atom is 0.0889 e. The van der Waals surface area contributed by atoms with Crippen LogP contribution in [0, 0.1) is 6.92 Å². The molecule has 0 unspecified atom stereocenters. The van der Waals surface area contributed by atoms with Crippen molar-refractivity contribution in [1.29, 1.82) is 0 Å². The molecule has 1 aromatic rings. The smallest absolute Gasteiger partial charge is 0.0889 e. The number of hydrogen-bond acceptors (Lipinski definition) is 3. The van der Waals surface area contributed by atoms with E-state index in [0.717, 1.165) is 30.0 Å². The van der Waals surface area contributed by atoms with Crippen LogP contribution in [-0.2, 0) is 0 Å². The molecule has 0 amide bonds. The third-order valence-electron chi connectivity index (χ3n) is 2.31. The van der Waals surface area contributed by atoms with Gasteiger partial charge in [0, 0.05) is 24.5 Å². The van der Waals surface area contributed by atoms with Gasteiger partial charge in [-0.25, -0.2) is 0 Å². The van der Waals surface area contributed by atoms with Crippen LogP contribution in [0.5, 0.6) is 0 Å². The summed E-state index contributed by atoms with van der Waals surface area (Å²) in [5.41, 5.74) is 8.79. The Morgan fingerprint density at radius 2 is 2.08 bits per heavy atom. The first-order valence-corrected chi connectivity index (χ1v) is 4.45. The van der Waals surface area contributed by atoms with Crippen LogP contribution in [0.1, 0.15) is 5.56 Å². The van der Waals surface area contributed by atoms with Gasteiger partial charge in [0.1, 0.15) is 0 Å². The molecule has 2 rings (SSSR count). The van der Waals surface area contributed by atoms with Crippen molar-refractivity contribution in [1.82, 2.24) is 0 Å². The number of nitrogens with zero attached hydrogens (tertiary/aromatic N) is 1. The maximum absolute atomic E-state index is 9.15. The van der Waals surface area contributed by atoms with Gasteiger partial charge in [-0.15, -0.1) is 0 Å². The van der Waals surface area contributed by atoms with Gasteiger partial charge in [-0.05, 0) is 30.7 Å². The summed E-state index contributed by atoms with van der Waals surface area (Å²) in [6.07, 6.45) is -0.165. The van der Waals surface area contributed by atoms with Gasteiger partial charge >= 0.3 is 0 Å². The number of nitrogen functional groups attached to an aromatic ring is 1. The van der Waals surface area contributed by atoms with E-state index >= 15 is 0 Å². The van der Waals surface area contributed by atoms with Gasteiger partial charge in [-0.2, -0.15) is 0 Å². The predicted octanol–water partition coefficient (Wildman–Crippen LogP) is 0.758. The molecule has 0 aliphatic carbocycles. The Bertz CT molecular complexity index is 298. The van der Waals surface area contributed by atoms with E-state index in [1.807, 2.05) is 19.1 Å². The molecule has 0 spiro atoms. The number of hydrogen-bond donors (Lipinski definition) is 2. The van der Waals surface area contributed by atoms with E-state index in [0.29, 0.717) is 0 Å². The molecule has 1 aromatic carbocycles. The first-order chi connectivity index (χ1) is 6.15. The molecule has 0 atom stereocenters. The van der Waals surface area contributed by atoms with Crippen LogP contribution < -0.4 is 10.6 Å². The maximum atomic E-state index is 9.15. The molecule has 1 fully saturated rings. The quantitative estimate of drug-likeness (QED) is 0.624. The third kappa shape index (κ3) is 1.60. The number of benzene rings is 1. The minimum absolute atomic E-state index is 0.165. The molecule has 0 bridgehead atoms. The molecule has 1 heterocycles. The van der Waals surface area contributed by atoms with Crippen molar-refractivity contribution < 1.29 is 5.11 Å². The summed E-state index contributed by atoms with van der Waals surface area (Å²) >= 11 is 0. The fraction of sp³-hybridized carbons (Fsp3) is 0.400. The zero-order chi connectivity index (χ0) is 9.42. The number of rotatable bonds is 1. The normalized spacial score (nSPS) is 17.2. The number of aliphatic hydroxyl groups excluding tert-OH is 1. The van der Waals surface area contributed by atoms with Gasteiger partial charge < -0.3 is 15.7 Å². The molecule has 0 radical (unpaired) electrons. The van der Waals surface area contributed by atoms with E-state index in [9.17, 15) is 0 Å². The van der Waals surface area contributed by atoms with Crippen LogP contribution in [0.4, 0.5) is 11.4 Å². The number of nitrogens with two attached hydrogens (primary N) is 1. The SMILES string of the molecule is Cc1cc(N)cc(N2CC(O)C2)c1. The van der Waals surface area contributed by atoms with Crippen LogP contribution >= 0.6 is 0 Å². The number of aryl methyl sites for hydroxylation is 1. The summed E-state index contributed by atoms with van der Waals surface area (Å²) < 4.78 is 0. The highest BCUT2D eigenvalue weighted by molar-refractivity contribution is 5.59. The van der Waals surface area contributed by atoms with E-state index in [-0.39, 0.29) is 6.10 Å². The second-order valence-corrected chi connectivity index (χ2v) is 3.66. The third-order valence-corrected chi connectivity index (χ3v) is 2.31. The lowest BCUT2D eigenvalue weighted by Crippen LogP contribution is -2.50. The van der Waals surface area contributed by atoms with Crippen molar-refractivity contribution in [2.75, 3.05) is 23.7 Å². The molecule has 0 aromatic heterocycles. The average molecular weight is 178 g/mol. The van der Waals surface area contributed by atoms with E-state index in [1.165, 1.54) is 0 Å². The monoisotopic (exact) mass is 178 g/mol. The van der Waals surface area contributed by atoms with Crippen LogP contribution in [0.3, 0.4) is 0 Å². The van der Waals surface area contributed by atoms with Gasteiger partial charge in [0.2, 0.25) is 0 Å². The first-order valence-electron chi connectivity index (χ1n) is 4.45. The lowest BCUT2D eigenvalue weighted by molar-refractivity contribution is 0.142. The minimum atomic E-state index is -0.165. The number of β-amino-alcohol motifs (C(OH)–C–C–N with tert-alkyl or cyclic N) is 1. The zero-order valence-corrected chi connectivity index (χ0v) is 7.70. The summed E-state index contributed by atoms with van der Waals surface area (Å²) in [7, 11) is 0. The first kappa shape index (κ1) is 8.38. The van der Waals surface area contributed by atoms with Crippen molar-refractivity contribution in [2.45, 2.75) is 13.0 Å². The van der Waals surface area contributed by atoms with Gasteiger partial charge in [0.25, 0.3) is 0 Å². The topological polar surface area (TPSA) is 49.5 Å². The summed E-state index contributed by atoms with van der Waals surface area (Å²) in [6, 6.07) is 5.97. The Morgan fingerprint density at radius 3 is 2.62 bits per heavy atom. The molecular formula is C10H14N2O. The van der Waals surface area contributed by atoms with Crippen LogP contribution in [0.2, 0.25) is 0 Å². The highest BCUT2D eigenvalue weighted by atomic mass is 16.3. The number of anilines is 2. The van der Waals surface area contributed by atoms with Gasteiger partial charge in [-0.1, -0.05) is 0 Å². The van der Waals surface area contributed by atoms with Gasteiger partial charge in [0.05, 0.1) is 6.10 Å². The second-order valence-electron chi connectivity index (χ2n) is 3.66. The largest absolute Gasteiger partial charge is 0.399 e. The Balaban J connectivity index is 2.21. The molecule has 3 N–H and O–H groups in total. The molecule has 3 nitrogen and oxygen atoms in total. The van der Waals surface area contributed by atoms with Gasteiger partial charge in [-0.3, -0.25) is 0 Å². The highest BCUT2D eigenvalue weighted by Crippen LogP contribution is 2.24. The van der Waals surface area contributed by atoms with Crippen LogP contribution in [-0.4, -0.2) is 24.3 Å². The number of aliphatic hydroxyl groups is 1. The van der Waals surface area contributed by atoms with Crippen molar-refractivity contribution in [2.24, 2.45) is 0 Å². The fourth-order valence-electron chi connectivity index (χ4n) is 1.64. The van der Waals surface area contributed by atoms with Crippen LogP contribution in [0.15, 0.2) is 18.2 Å². The Morgan fingerprint density at radius 1 is 1.38 bits per heavy atom. The average Bonchev–Trinajstić information content (AvgIpc) is 1.96. The minimum Gasteiger partial charge on any atom is -0.399 e. The van der Waals surface area contributed by atoms with Gasteiger partial charge in [0.15, 0.2) is 0 Å². The summed E-state index contributed by atoms with van der Waals surface area (Å²) in [4.78, 5) is 2.12. The van der Waals surface area contributed by atoms with Crippen molar-refractivity contribution in [3.05, 3.63) is 23.8 Å². The molecule has 1 aliphatic heterocycles. The van der Waals surface area contributed by atoms with E-state index in [1.54, 1.807) is 0 Å². The van der Waals surface area contributed by atoms with Crippen molar-refractivity contribution >= 4 is 11.4 Å². The molecule has 1 aliphatic rings. The van der Waals surface area contributed by atoms with E-state index in [2.05, 4.69) is 11.0 Å². The second kappa shape index (κ2) is 2.92. The predicted molar refractivity (Wildman–Crippen MR) is 53.8 cm³/mol. The fourth-order valence-corrected chi connectivity index (χ4v) is 1.64. The zero-order valence-electron chi connectivity index (χ0n) is 7.70. The van der Waals surface area contributed by atoms with Crippen molar-refractivity contribution in [3.8, 4) is 0 Å². The van der Waals surface area contributed by atoms with Crippen molar-refractivity contribution in [3.63, 3.8) is 0 Å². The van der Waals surface area contributed by atoms with Crippen LogP contribution in [0.25, 0.3) is 0 Å². The molecule has 0 saturated carbocycles.